The smallest absolute Gasteiger partial charge is 0.154 e. The number of nitrogens with two attached hydrogens (primary N) is 1. The molecule has 0 unspecified atom stereocenters. The van der Waals surface area contributed by atoms with Gasteiger partial charge in [-0.25, -0.2) is 9.50 Å². The molecule has 0 spiro atoms. The first-order valence-electron chi connectivity index (χ1n) is 9.34. The Kier molecular flexibility index (Phi) is 3.48. The molecule has 1 aromatic carbocycles. The molecule has 1 fully saturated rings. The summed E-state index contributed by atoms with van der Waals surface area (Å²) in [6, 6.07) is 10.3. The Morgan fingerprint density at radius 2 is 1.96 bits per heavy atom. The van der Waals surface area contributed by atoms with Crippen LogP contribution in [0.5, 0.6) is 0 Å². The van der Waals surface area contributed by atoms with Crippen LogP contribution in [0.15, 0.2) is 36.5 Å². The Bertz CT molecular complexity index is 1130. The molecule has 1 aliphatic rings. The number of aromatic amines is 1. The maximum atomic E-state index is 6.27. The van der Waals surface area contributed by atoms with Gasteiger partial charge in [-0.15, -0.1) is 5.10 Å². The second-order valence-electron chi connectivity index (χ2n) is 7.83. The van der Waals surface area contributed by atoms with Crippen LogP contribution >= 0.6 is 0 Å². The number of nitrogens with zero attached hydrogens (tertiary/aromatic N) is 5. The number of nitrogens with one attached hydrogen (secondary N) is 1. The summed E-state index contributed by atoms with van der Waals surface area (Å²) in [5, 5.41) is 13.4. The highest BCUT2D eigenvalue weighted by Crippen LogP contribution is 2.27. The van der Waals surface area contributed by atoms with Gasteiger partial charge in [0, 0.05) is 35.3 Å². The zero-order valence-corrected chi connectivity index (χ0v) is 15.6. The number of H-pyrrole nitrogens is 1. The molecule has 4 aromatic rings. The highest BCUT2D eigenvalue weighted by atomic mass is 15.3. The minimum Gasteiger partial charge on any atom is -0.355 e. The van der Waals surface area contributed by atoms with E-state index in [1.54, 1.807) is 0 Å². The third-order valence-corrected chi connectivity index (χ3v) is 5.62. The fourth-order valence-electron chi connectivity index (χ4n) is 3.77. The van der Waals surface area contributed by atoms with Gasteiger partial charge in [0.05, 0.1) is 17.4 Å². The maximum absolute atomic E-state index is 6.27. The fourth-order valence-corrected chi connectivity index (χ4v) is 3.77. The molecule has 3 N–H and O–H groups in total. The van der Waals surface area contributed by atoms with E-state index in [1.165, 1.54) is 0 Å². The molecule has 0 atom stereocenters. The summed E-state index contributed by atoms with van der Waals surface area (Å²) in [6.45, 7) is 6.01. The topological polar surface area (TPSA) is 88.1 Å². The first-order valence-corrected chi connectivity index (χ1v) is 9.34. The van der Waals surface area contributed by atoms with Gasteiger partial charge in [-0.1, -0.05) is 6.07 Å². The van der Waals surface area contributed by atoms with Gasteiger partial charge in [0.25, 0.3) is 0 Å². The predicted molar refractivity (Wildman–Crippen MR) is 107 cm³/mol. The molecule has 1 aliphatic heterocycles. The summed E-state index contributed by atoms with van der Waals surface area (Å²) < 4.78 is 1.93. The standard InChI is InChI=1S/C20H23N7/c1-13-15-11-14(3-4-16(15)24-23-13)17-12-22-18-5-6-19(25-27(17)18)26-9-7-20(2,21)8-10-26/h3-6,11-12H,7-10,21H2,1-2H3,(H,23,24). The monoisotopic (exact) mass is 361 g/mol. The van der Waals surface area contributed by atoms with E-state index in [-0.39, 0.29) is 5.54 Å². The minimum atomic E-state index is -0.0708. The molecule has 0 amide bonds. The Labute approximate surface area is 157 Å². The largest absolute Gasteiger partial charge is 0.355 e. The van der Waals surface area contributed by atoms with Crippen LogP contribution in [-0.4, -0.2) is 43.4 Å². The average molecular weight is 361 g/mol. The summed E-state index contributed by atoms with van der Waals surface area (Å²) in [6.07, 6.45) is 3.83. The Hall–Kier alpha value is -2.93. The molecule has 0 aliphatic carbocycles. The normalized spacial score (nSPS) is 17.1. The lowest BCUT2D eigenvalue weighted by Gasteiger charge is -2.37. The number of benzene rings is 1. The van der Waals surface area contributed by atoms with E-state index in [4.69, 9.17) is 10.8 Å². The molecule has 0 radical (unpaired) electrons. The molecule has 1 saturated heterocycles. The number of rotatable bonds is 2. The van der Waals surface area contributed by atoms with Crippen LogP contribution in [0.25, 0.3) is 27.8 Å². The molecule has 0 bridgehead atoms. The highest BCUT2D eigenvalue weighted by molar-refractivity contribution is 5.86. The van der Waals surface area contributed by atoms with Gasteiger partial charge in [-0.05, 0) is 51.0 Å². The lowest BCUT2D eigenvalue weighted by Crippen LogP contribution is -2.48. The van der Waals surface area contributed by atoms with E-state index in [1.807, 2.05) is 29.8 Å². The van der Waals surface area contributed by atoms with E-state index in [0.717, 1.165) is 65.3 Å². The van der Waals surface area contributed by atoms with Crippen LogP contribution in [0.2, 0.25) is 0 Å². The molecule has 138 valence electrons. The number of hydrogen-bond donors (Lipinski definition) is 2. The van der Waals surface area contributed by atoms with Crippen molar-refractivity contribution in [2.75, 3.05) is 18.0 Å². The zero-order valence-electron chi connectivity index (χ0n) is 15.6. The number of aromatic nitrogens is 5. The molecular formula is C20H23N7. The molecule has 5 rings (SSSR count). The predicted octanol–water partition coefficient (Wildman–Crippen LogP) is 2.90. The van der Waals surface area contributed by atoms with Crippen molar-refractivity contribution in [3.63, 3.8) is 0 Å². The summed E-state index contributed by atoms with van der Waals surface area (Å²) in [7, 11) is 0. The van der Waals surface area contributed by atoms with Crippen molar-refractivity contribution >= 4 is 22.4 Å². The second-order valence-corrected chi connectivity index (χ2v) is 7.83. The van der Waals surface area contributed by atoms with Crippen LogP contribution in [0.4, 0.5) is 5.82 Å². The van der Waals surface area contributed by atoms with Crippen molar-refractivity contribution in [2.24, 2.45) is 5.73 Å². The number of anilines is 1. The average Bonchev–Trinajstić information content (AvgIpc) is 3.25. The summed E-state index contributed by atoms with van der Waals surface area (Å²) in [4.78, 5) is 6.84. The number of imidazole rings is 1. The van der Waals surface area contributed by atoms with Crippen molar-refractivity contribution in [2.45, 2.75) is 32.2 Å². The van der Waals surface area contributed by atoms with E-state index >= 15 is 0 Å². The quantitative estimate of drug-likeness (QED) is 0.573. The summed E-state index contributed by atoms with van der Waals surface area (Å²) >= 11 is 0. The van der Waals surface area contributed by atoms with Crippen LogP contribution in [0.1, 0.15) is 25.5 Å². The maximum Gasteiger partial charge on any atom is 0.154 e. The Morgan fingerprint density at radius 3 is 2.78 bits per heavy atom. The second kappa shape index (κ2) is 5.79. The van der Waals surface area contributed by atoms with Gasteiger partial charge >= 0.3 is 0 Å². The lowest BCUT2D eigenvalue weighted by atomic mass is 9.91. The van der Waals surface area contributed by atoms with Gasteiger partial charge in [0.2, 0.25) is 0 Å². The molecule has 7 heteroatoms. The lowest BCUT2D eigenvalue weighted by molar-refractivity contribution is 0.362. The number of piperidine rings is 1. The molecule has 3 aromatic heterocycles. The van der Waals surface area contributed by atoms with Crippen molar-refractivity contribution < 1.29 is 0 Å². The molecule has 27 heavy (non-hydrogen) atoms. The molecule has 0 saturated carbocycles. The first kappa shape index (κ1) is 16.3. The number of hydrogen-bond acceptors (Lipinski definition) is 5. The van der Waals surface area contributed by atoms with Crippen molar-refractivity contribution in [1.82, 2.24) is 24.8 Å². The van der Waals surface area contributed by atoms with Crippen molar-refractivity contribution in [3.8, 4) is 11.3 Å². The van der Waals surface area contributed by atoms with E-state index in [9.17, 15) is 0 Å². The highest BCUT2D eigenvalue weighted by Gasteiger charge is 2.26. The third kappa shape index (κ3) is 2.75. The van der Waals surface area contributed by atoms with Crippen LogP contribution < -0.4 is 10.6 Å². The van der Waals surface area contributed by atoms with Crippen LogP contribution in [0, 0.1) is 6.92 Å². The van der Waals surface area contributed by atoms with Crippen molar-refractivity contribution in [3.05, 3.63) is 42.2 Å². The summed E-state index contributed by atoms with van der Waals surface area (Å²) in [5.41, 5.74) is 11.1. The molecule has 7 nitrogen and oxygen atoms in total. The minimum absolute atomic E-state index is 0.0708. The van der Waals surface area contributed by atoms with Crippen LogP contribution in [0.3, 0.4) is 0 Å². The summed E-state index contributed by atoms with van der Waals surface area (Å²) in [5.74, 6) is 0.970. The van der Waals surface area contributed by atoms with E-state index in [0.29, 0.717) is 0 Å². The Balaban J connectivity index is 1.56. The molecule has 4 heterocycles. The van der Waals surface area contributed by atoms with Crippen molar-refractivity contribution in [1.29, 1.82) is 0 Å². The van der Waals surface area contributed by atoms with Gasteiger partial charge in [0.1, 0.15) is 5.82 Å². The van der Waals surface area contributed by atoms with Gasteiger partial charge in [-0.2, -0.15) is 5.10 Å². The van der Waals surface area contributed by atoms with E-state index < -0.39 is 0 Å². The van der Waals surface area contributed by atoms with Gasteiger partial charge < -0.3 is 10.6 Å². The third-order valence-electron chi connectivity index (χ3n) is 5.62. The first-order chi connectivity index (χ1) is 13.0. The number of aryl methyl sites for hydroxylation is 1. The van der Waals surface area contributed by atoms with Gasteiger partial charge in [0.15, 0.2) is 5.65 Å². The molecular weight excluding hydrogens is 338 g/mol. The van der Waals surface area contributed by atoms with E-state index in [2.05, 4.69) is 45.2 Å². The Morgan fingerprint density at radius 1 is 1.15 bits per heavy atom. The number of fused-ring (bicyclic) bond motifs is 2. The van der Waals surface area contributed by atoms with Gasteiger partial charge in [-0.3, -0.25) is 5.10 Å². The fraction of sp³-hybridized carbons (Fsp3) is 0.350. The zero-order chi connectivity index (χ0) is 18.6. The van der Waals surface area contributed by atoms with Crippen LogP contribution in [-0.2, 0) is 0 Å². The SMILES string of the molecule is Cc1[nH]nc2ccc(-c3cnc4ccc(N5CCC(C)(N)CC5)nn34)cc12.